The molecule has 2 heteroatoms. The molecule has 0 aromatic rings. The van der Waals surface area contributed by atoms with Gasteiger partial charge in [0, 0.05) is 32.2 Å². The molecule has 0 bridgehead atoms. The standard InChI is InChI=1S/C14H30N2/c1-7-8-15-9-14(6)16(10-12(2)3)11-13(4)5/h7,12-15H,1,8-11H2,2-6H3. The van der Waals surface area contributed by atoms with Gasteiger partial charge in [0.15, 0.2) is 0 Å². The number of nitrogens with one attached hydrogen (secondary N) is 1. The topological polar surface area (TPSA) is 15.3 Å². The van der Waals surface area contributed by atoms with Crippen molar-refractivity contribution in [3.8, 4) is 0 Å². The predicted octanol–water partition coefficient (Wildman–Crippen LogP) is 2.76. The van der Waals surface area contributed by atoms with Crippen molar-refractivity contribution in [2.45, 2.75) is 40.7 Å². The minimum Gasteiger partial charge on any atom is -0.312 e. The SMILES string of the molecule is C=CCNCC(C)N(CC(C)C)CC(C)C. The Hall–Kier alpha value is -0.340. The van der Waals surface area contributed by atoms with Crippen LogP contribution in [0.1, 0.15) is 34.6 Å². The molecule has 16 heavy (non-hydrogen) atoms. The van der Waals surface area contributed by atoms with Crippen LogP contribution in [0.15, 0.2) is 12.7 Å². The van der Waals surface area contributed by atoms with Crippen molar-refractivity contribution in [3.05, 3.63) is 12.7 Å². The van der Waals surface area contributed by atoms with Gasteiger partial charge in [0.05, 0.1) is 0 Å². The van der Waals surface area contributed by atoms with Crippen LogP contribution in [-0.4, -0.2) is 37.1 Å². The molecular formula is C14H30N2. The maximum absolute atomic E-state index is 3.72. The van der Waals surface area contributed by atoms with E-state index in [0.29, 0.717) is 6.04 Å². The van der Waals surface area contributed by atoms with Crippen molar-refractivity contribution in [3.63, 3.8) is 0 Å². The molecule has 96 valence electrons. The third-order valence-corrected chi connectivity index (χ3v) is 2.55. The summed E-state index contributed by atoms with van der Waals surface area (Å²) in [6.07, 6.45) is 1.92. The average Bonchev–Trinajstić information content (AvgIpc) is 2.15. The highest BCUT2D eigenvalue weighted by molar-refractivity contribution is 4.75. The van der Waals surface area contributed by atoms with Crippen molar-refractivity contribution in [2.24, 2.45) is 11.8 Å². The summed E-state index contributed by atoms with van der Waals surface area (Å²) in [5.41, 5.74) is 0. The van der Waals surface area contributed by atoms with Crippen LogP contribution >= 0.6 is 0 Å². The van der Waals surface area contributed by atoms with E-state index in [2.05, 4.69) is 51.4 Å². The number of nitrogens with zero attached hydrogens (tertiary/aromatic N) is 1. The van der Waals surface area contributed by atoms with Gasteiger partial charge in [-0.3, -0.25) is 4.90 Å². The molecule has 1 atom stereocenters. The van der Waals surface area contributed by atoms with Gasteiger partial charge in [0.25, 0.3) is 0 Å². The van der Waals surface area contributed by atoms with E-state index < -0.39 is 0 Å². The lowest BCUT2D eigenvalue weighted by Gasteiger charge is -2.32. The third-order valence-electron chi connectivity index (χ3n) is 2.55. The molecule has 0 spiro atoms. The summed E-state index contributed by atoms with van der Waals surface area (Å²) >= 11 is 0. The van der Waals surface area contributed by atoms with Gasteiger partial charge in [-0.1, -0.05) is 33.8 Å². The Labute approximate surface area is 102 Å². The molecule has 0 aromatic heterocycles. The Kier molecular flexibility index (Phi) is 8.58. The first-order valence-electron chi connectivity index (χ1n) is 6.53. The number of rotatable bonds is 9. The zero-order chi connectivity index (χ0) is 12.6. The van der Waals surface area contributed by atoms with Gasteiger partial charge < -0.3 is 5.32 Å². The molecule has 1 unspecified atom stereocenters. The Balaban J connectivity index is 4.08. The van der Waals surface area contributed by atoms with Crippen molar-refractivity contribution in [1.29, 1.82) is 0 Å². The molecule has 0 aliphatic heterocycles. The highest BCUT2D eigenvalue weighted by Crippen LogP contribution is 2.07. The van der Waals surface area contributed by atoms with E-state index in [9.17, 15) is 0 Å². The van der Waals surface area contributed by atoms with Crippen molar-refractivity contribution < 1.29 is 0 Å². The third kappa shape index (κ3) is 7.89. The predicted molar refractivity (Wildman–Crippen MR) is 73.8 cm³/mol. The minimum atomic E-state index is 0.602. The summed E-state index contributed by atoms with van der Waals surface area (Å²) in [5, 5.41) is 3.40. The monoisotopic (exact) mass is 226 g/mol. The van der Waals surface area contributed by atoms with Gasteiger partial charge in [0.2, 0.25) is 0 Å². The summed E-state index contributed by atoms with van der Waals surface area (Å²) in [6, 6.07) is 0.602. The molecular weight excluding hydrogens is 196 g/mol. The van der Waals surface area contributed by atoms with Crippen LogP contribution in [0.2, 0.25) is 0 Å². The van der Waals surface area contributed by atoms with Crippen LogP contribution in [0.3, 0.4) is 0 Å². The van der Waals surface area contributed by atoms with Crippen LogP contribution in [0.5, 0.6) is 0 Å². The average molecular weight is 226 g/mol. The summed E-state index contributed by atoms with van der Waals surface area (Å²) in [6.45, 7) is 19.5. The quantitative estimate of drug-likeness (QED) is 0.480. The molecule has 2 nitrogen and oxygen atoms in total. The fourth-order valence-corrected chi connectivity index (χ4v) is 1.90. The largest absolute Gasteiger partial charge is 0.312 e. The van der Waals surface area contributed by atoms with Gasteiger partial charge in [-0.2, -0.15) is 0 Å². The smallest absolute Gasteiger partial charge is 0.0192 e. The van der Waals surface area contributed by atoms with Gasteiger partial charge >= 0.3 is 0 Å². The summed E-state index contributed by atoms with van der Waals surface area (Å²) < 4.78 is 0. The fourth-order valence-electron chi connectivity index (χ4n) is 1.90. The summed E-state index contributed by atoms with van der Waals surface area (Å²) in [5.74, 6) is 1.47. The van der Waals surface area contributed by atoms with Gasteiger partial charge in [0.1, 0.15) is 0 Å². The molecule has 0 heterocycles. The van der Waals surface area contributed by atoms with E-state index in [1.807, 2.05) is 6.08 Å². The molecule has 1 N–H and O–H groups in total. The van der Waals surface area contributed by atoms with E-state index in [1.54, 1.807) is 0 Å². The second-order valence-corrected chi connectivity index (χ2v) is 5.54. The Morgan fingerprint density at radius 1 is 1.06 bits per heavy atom. The summed E-state index contributed by atoms with van der Waals surface area (Å²) in [4.78, 5) is 2.59. The Bertz CT molecular complexity index is 166. The zero-order valence-electron chi connectivity index (χ0n) is 11.8. The molecule has 0 saturated carbocycles. The van der Waals surface area contributed by atoms with Crippen LogP contribution in [0.4, 0.5) is 0 Å². The minimum absolute atomic E-state index is 0.602. The maximum atomic E-state index is 3.72. The van der Waals surface area contributed by atoms with E-state index >= 15 is 0 Å². The lowest BCUT2D eigenvalue weighted by Crippen LogP contribution is -2.44. The molecule has 0 fully saturated rings. The fraction of sp³-hybridized carbons (Fsp3) is 0.857. The highest BCUT2D eigenvalue weighted by atomic mass is 15.2. The highest BCUT2D eigenvalue weighted by Gasteiger charge is 2.15. The second-order valence-electron chi connectivity index (χ2n) is 5.54. The van der Waals surface area contributed by atoms with Crippen LogP contribution in [-0.2, 0) is 0 Å². The van der Waals surface area contributed by atoms with Gasteiger partial charge in [-0.25, -0.2) is 0 Å². The molecule has 0 aliphatic carbocycles. The first kappa shape index (κ1) is 15.7. The van der Waals surface area contributed by atoms with Crippen LogP contribution < -0.4 is 5.32 Å². The molecule has 0 saturated heterocycles. The van der Waals surface area contributed by atoms with E-state index in [-0.39, 0.29) is 0 Å². The first-order chi connectivity index (χ1) is 7.47. The summed E-state index contributed by atoms with van der Waals surface area (Å²) in [7, 11) is 0. The number of hydrogen-bond donors (Lipinski definition) is 1. The lowest BCUT2D eigenvalue weighted by molar-refractivity contribution is 0.164. The molecule has 0 aliphatic rings. The first-order valence-corrected chi connectivity index (χ1v) is 6.53. The lowest BCUT2D eigenvalue weighted by atomic mass is 10.1. The van der Waals surface area contributed by atoms with Gasteiger partial charge in [-0.15, -0.1) is 6.58 Å². The van der Waals surface area contributed by atoms with E-state index in [1.165, 1.54) is 13.1 Å². The molecule has 0 amide bonds. The van der Waals surface area contributed by atoms with E-state index in [4.69, 9.17) is 0 Å². The number of hydrogen-bond acceptors (Lipinski definition) is 2. The zero-order valence-corrected chi connectivity index (χ0v) is 11.8. The van der Waals surface area contributed by atoms with Crippen LogP contribution in [0.25, 0.3) is 0 Å². The molecule has 0 aromatic carbocycles. The Morgan fingerprint density at radius 3 is 1.94 bits per heavy atom. The van der Waals surface area contributed by atoms with Crippen molar-refractivity contribution >= 4 is 0 Å². The van der Waals surface area contributed by atoms with Crippen molar-refractivity contribution in [1.82, 2.24) is 10.2 Å². The van der Waals surface area contributed by atoms with Crippen LogP contribution in [0, 0.1) is 11.8 Å². The maximum Gasteiger partial charge on any atom is 0.0192 e. The second kappa shape index (κ2) is 8.77. The van der Waals surface area contributed by atoms with Gasteiger partial charge in [-0.05, 0) is 18.8 Å². The van der Waals surface area contributed by atoms with E-state index in [0.717, 1.165) is 24.9 Å². The Morgan fingerprint density at radius 2 is 1.56 bits per heavy atom. The molecule has 0 radical (unpaired) electrons. The molecule has 0 rings (SSSR count). The normalized spacial score (nSPS) is 13.8. The van der Waals surface area contributed by atoms with Crippen molar-refractivity contribution in [2.75, 3.05) is 26.2 Å².